The van der Waals surface area contributed by atoms with E-state index in [4.69, 9.17) is 0 Å². The van der Waals surface area contributed by atoms with E-state index in [1.54, 1.807) is 36.4 Å². The predicted molar refractivity (Wildman–Crippen MR) is 189 cm³/mol. The summed E-state index contributed by atoms with van der Waals surface area (Å²) < 4.78 is 0. The van der Waals surface area contributed by atoms with Gasteiger partial charge in [0.25, 0.3) is 11.8 Å². The molecule has 0 radical (unpaired) electrons. The van der Waals surface area contributed by atoms with Gasteiger partial charge in [-0.25, -0.2) is 0 Å². The fourth-order valence-corrected chi connectivity index (χ4v) is 5.78. The van der Waals surface area contributed by atoms with Gasteiger partial charge in [-0.15, -0.1) is 11.8 Å². The highest BCUT2D eigenvalue weighted by molar-refractivity contribution is 8.00. The van der Waals surface area contributed by atoms with Crippen molar-refractivity contribution in [2.45, 2.75) is 30.4 Å². The number of anilines is 2. The number of hydrogen-bond donors (Lipinski definition) is 3. The number of aryl methyl sites for hydroxylation is 1. The number of benzene rings is 5. The fraction of sp³-hybridized carbons (Fsp3) is 0.103. The summed E-state index contributed by atoms with van der Waals surface area (Å²) in [6.45, 7) is 3.93. The first-order chi connectivity index (χ1) is 22.4. The highest BCUT2D eigenvalue weighted by Crippen LogP contribution is 2.29. The summed E-state index contributed by atoms with van der Waals surface area (Å²) in [5, 5.41) is 8.43. The Balaban J connectivity index is 1.33. The first-order valence-electron chi connectivity index (χ1n) is 15.1. The van der Waals surface area contributed by atoms with E-state index < -0.39 is 11.8 Å². The molecule has 46 heavy (non-hydrogen) atoms. The summed E-state index contributed by atoms with van der Waals surface area (Å²) in [5.74, 6) is -0.941. The molecule has 0 aliphatic rings. The molecule has 5 rings (SSSR count). The zero-order valence-electron chi connectivity index (χ0n) is 25.7. The molecule has 0 aliphatic carbocycles. The predicted octanol–water partition coefficient (Wildman–Crippen LogP) is 8.58. The summed E-state index contributed by atoms with van der Waals surface area (Å²) in [4.78, 5) is 40.7. The first kappa shape index (κ1) is 32.0. The third kappa shape index (κ3) is 8.61. The van der Waals surface area contributed by atoms with Gasteiger partial charge < -0.3 is 16.0 Å². The Morgan fingerprint density at radius 2 is 1.37 bits per heavy atom. The maximum Gasteiger partial charge on any atom is 0.272 e. The van der Waals surface area contributed by atoms with Gasteiger partial charge in [0.1, 0.15) is 5.70 Å². The van der Waals surface area contributed by atoms with Crippen molar-refractivity contribution < 1.29 is 14.4 Å². The number of rotatable bonds is 11. The van der Waals surface area contributed by atoms with Crippen LogP contribution >= 0.6 is 11.8 Å². The normalized spacial score (nSPS) is 11.7. The molecular formula is C39H35N3O3S. The van der Waals surface area contributed by atoms with E-state index in [1.807, 2.05) is 117 Å². The average Bonchev–Trinajstić information content (AvgIpc) is 3.09. The van der Waals surface area contributed by atoms with Crippen molar-refractivity contribution in [3.8, 4) is 11.1 Å². The number of carbonyl (C=O) groups excluding carboxylic acids is 3. The average molecular weight is 626 g/mol. The lowest BCUT2D eigenvalue weighted by atomic mass is 10.0. The van der Waals surface area contributed by atoms with Gasteiger partial charge in [-0.1, -0.05) is 104 Å². The van der Waals surface area contributed by atoms with Gasteiger partial charge in [0.05, 0.1) is 5.25 Å². The van der Waals surface area contributed by atoms with Gasteiger partial charge >= 0.3 is 0 Å². The van der Waals surface area contributed by atoms with Crippen LogP contribution in [0.1, 0.15) is 34.8 Å². The van der Waals surface area contributed by atoms with Gasteiger partial charge in [0, 0.05) is 21.8 Å². The Hall–Kier alpha value is -5.40. The molecular weight excluding hydrogens is 591 g/mol. The molecule has 0 saturated carbocycles. The molecule has 1 unspecified atom stereocenters. The molecule has 0 aromatic heterocycles. The molecule has 0 fully saturated rings. The minimum absolute atomic E-state index is 0.0802. The summed E-state index contributed by atoms with van der Waals surface area (Å²) in [6, 6.07) is 41.6. The van der Waals surface area contributed by atoms with E-state index >= 15 is 0 Å². The van der Waals surface area contributed by atoms with Crippen LogP contribution in [0.5, 0.6) is 0 Å². The van der Waals surface area contributed by atoms with Crippen LogP contribution in [0.4, 0.5) is 11.4 Å². The number of amides is 3. The Bertz CT molecular complexity index is 1840. The molecule has 1 atom stereocenters. The number of nitrogens with one attached hydrogen (secondary N) is 3. The van der Waals surface area contributed by atoms with Gasteiger partial charge in [-0.3, -0.25) is 14.4 Å². The Kier molecular flexibility index (Phi) is 10.8. The smallest absolute Gasteiger partial charge is 0.272 e. The highest BCUT2D eigenvalue weighted by Gasteiger charge is 2.20. The Morgan fingerprint density at radius 3 is 2.07 bits per heavy atom. The van der Waals surface area contributed by atoms with Crippen molar-refractivity contribution >= 4 is 46.9 Å². The van der Waals surface area contributed by atoms with Gasteiger partial charge in [-0.2, -0.15) is 0 Å². The molecule has 5 aromatic carbocycles. The quantitative estimate of drug-likeness (QED) is 0.101. The second-order valence-corrected chi connectivity index (χ2v) is 11.9. The number of para-hydroxylation sites is 1. The molecule has 0 spiro atoms. The molecule has 3 N–H and O–H groups in total. The van der Waals surface area contributed by atoms with E-state index in [2.05, 4.69) is 16.0 Å². The molecule has 230 valence electrons. The molecule has 7 heteroatoms. The number of hydrogen-bond acceptors (Lipinski definition) is 4. The number of thioether (sulfide) groups is 1. The maximum absolute atomic E-state index is 13.6. The lowest BCUT2D eigenvalue weighted by Gasteiger charge is -2.17. The molecule has 0 heterocycles. The van der Waals surface area contributed by atoms with Crippen LogP contribution in [0, 0.1) is 6.92 Å². The monoisotopic (exact) mass is 625 g/mol. The van der Waals surface area contributed by atoms with Crippen molar-refractivity contribution in [1.29, 1.82) is 0 Å². The summed E-state index contributed by atoms with van der Waals surface area (Å²) >= 11 is 1.43. The second kappa shape index (κ2) is 15.5. The van der Waals surface area contributed by atoms with E-state index in [-0.39, 0.29) is 16.9 Å². The second-order valence-electron chi connectivity index (χ2n) is 10.7. The van der Waals surface area contributed by atoms with Crippen LogP contribution in [0.2, 0.25) is 0 Å². The molecule has 6 nitrogen and oxygen atoms in total. The zero-order valence-corrected chi connectivity index (χ0v) is 26.5. The first-order valence-corrected chi connectivity index (χ1v) is 16.0. The van der Waals surface area contributed by atoms with Crippen LogP contribution in [0.25, 0.3) is 17.2 Å². The van der Waals surface area contributed by atoms with Crippen molar-refractivity contribution in [1.82, 2.24) is 5.32 Å². The van der Waals surface area contributed by atoms with E-state index in [0.717, 1.165) is 32.8 Å². The molecule has 3 amide bonds. The van der Waals surface area contributed by atoms with Crippen LogP contribution in [0.15, 0.2) is 144 Å². The van der Waals surface area contributed by atoms with Crippen molar-refractivity contribution in [3.63, 3.8) is 0 Å². The van der Waals surface area contributed by atoms with Crippen molar-refractivity contribution in [2.24, 2.45) is 0 Å². The zero-order chi connectivity index (χ0) is 32.3. The summed E-state index contributed by atoms with van der Waals surface area (Å²) in [7, 11) is 0. The maximum atomic E-state index is 13.6. The standard InChI is InChI=1S/C39H35N3O3S/c1-3-36(39(45)41-34-20-11-10-13-27(34)2)46-33-19-12-18-32(26-33)40-38(44)35(42-37(43)31-16-8-5-9-17-31)25-28-21-23-30(24-22-28)29-14-6-4-7-15-29/h4-26,36H,3H2,1-2H3,(H,40,44)(H,41,45)(H,42,43)/b35-25+. The third-order valence-electron chi connectivity index (χ3n) is 7.29. The summed E-state index contributed by atoms with van der Waals surface area (Å²) in [5.41, 5.74) is 5.76. The van der Waals surface area contributed by atoms with E-state index in [9.17, 15) is 14.4 Å². The summed E-state index contributed by atoms with van der Waals surface area (Å²) in [6.07, 6.45) is 2.28. The number of carbonyl (C=O) groups is 3. The van der Waals surface area contributed by atoms with Gasteiger partial charge in [0.15, 0.2) is 0 Å². The molecule has 5 aromatic rings. The SMILES string of the molecule is CCC(Sc1cccc(NC(=O)/C(=C\c2ccc(-c3ccccc3)cc2)NC(=O)c2ccccc2)c1)C(=O)Nc1ccccc1C. The van der Waals surface area contributed by atoms with Gasteiger partial charge in [-0.05, 0) is 78.1 Å². The largest absolute Gasteiger partial charge is 0.325 e. The Morgan fingerprint density at radius 1 is 0.717 bits per heavy atom. The van der Waals surface area contributed by atoms with E-state index in [1.165, 1.54) is 11.8 Å². The molecule has 0 saturated heterocycles. The molecule has 0 bridgehead atoms. The lowest BCUT2D eigenvalue weighted by molar-refractivity contribution is -0.116. The van der Waals surface area contributed by atoms with Crippen molar-refractivity contribution in [2.75, 3.05) is 10.6 Å². The minimum atomic E-state index is -0.470. The fourth-order valence-electron chi connectivity index (χ4n) is 4.77. The minimum Gasteiger partial charge on any atom is -0.325 e. The topological polar surface area (TPSA) is 87.3 Å². The highest BCUT2D eigenvalue weighted by atomic mass is 32.2. The van der Waals surface area contributed by atoms with Crippen LogP contribution < -0.4 is 16.0 Å². The van der Waals surface area contributed by atoms with Crippen molar-refractivity contribution in [3.05, 3.63) is 156 Å². The van der Waals surface area contributed by atoms with Gasteiger partial charge in [0.2, 0.25) is 5.91 Å². The van der Waals surface area contributed by atoms with Crippen LogP contribution in [-0.4, -0.2) is 23.0 Å². The van der Waals surface area contributed by atoms with Crippen LogP contribution in [0.3, 0.4) is 0 Å². The lowest BCUT2D eigenvalue weighted by Crippen LogP contribution is -2.30. The van der Waals surface area contributed by atoms with E-state index in [0.29, 0.717) is 17.7 Å². The van der Waals surface area contributed by atoms with Crippen LogP contribution in [-0.2, 0) is 9.59 Å². The third-order valence-corrected chi connectivity index (χ3v) is 8.65. The molecule has 0 aliphatic heterocycles. The Labute approximate surface area is 274 Å².